The molecule has 1 aromatic heterocycles. The van der Waals surface area contributed by atoms with E-state index >= 15 is 0 Å². The highest BCUT2D eigenvalue weighted by Gasteiger charge is 2.18. The Morgan fingerprint density at radius 1 is 1.39 bits per heavy atom. The first-order chi connectivity index (χ1) is 8.83. The highest BCUT2D eigenvalue weighted by Crippen LogP contribution is 2.25. The summed E-state index contributed by atoms with van der Waals surface area (Å²) in [6, 6.07) is 8.62. The number of H-pyrrole nitrogens is 1. The minimum atomic E-state index is 0.744. The molecule has 1 unspecified atom stereocenters. The van der Waals surface area contributed by atoms with E-state index in [2.05, 4.69) is 46.7 Å². The van der Waals surface area contributed by atoms with Crippen molar-refractivity contribution in [1.82, 2.24) is 15.5 Å². The second kappa shape index (κ2) is 4.94. The van der Waals surface area contributed by atoms with Gasteiger partial charge in [0.25, 0.3) is 0 Å². The highest BCUT2D eigenvalue weighted by molar-refractivity contribution is 5.65. The highest BCUT2D eigenvalue weighted by atomic mass is 15.1. The largest absolute Gasteiger partial charge is 0.316 e. The van der Waals surface area contributed by atoms with E-state index in [4.69, 9.17) is 0 Å². The Bertz CT molecular complexity index is 524. The topological polar surface area (TPSA) is 40.7 Å². The van der Waals surface area contributed by atoms with E-state index < -0.39 is 0 Å². The molecule has 2 N–H and O–H groups in total. The van der Waals surface area contributed by atoms with Gasteiger partial charge in [-0.25, -0.2) is 0 Å². The van der Waals surface area contributed by atoms with Gasteiger partial charge in [-0.1, -0.05) is 29.8 Å². The van der Waals surface area contributed by atoms with Gasteiger partial charge in [0.15, 0.2) is 0 Å². The number of benzene rings is 1. The average molecular weight is 241 g/mol. The molecule has 2 heterocycles. The smallest absolute Gasteiger partial charge is 0.0568 e. The van der Waals surface area contributed by atoms with E-state index in [1.165, 1.54) is 28.8 Å². The van der Waals surface area contributed by atoms with Crippen LogP contribution in [0.15, 0.2) is 30.5 Å². The molecule has 94 valence electrons. The van der Waals surface area contributed by atoms with Crippen molar-refractivity contribution in [2.24, 2.45) is 5.92 Å². The molecule has 0 amide bonds. The summed E-state index contributed by atoms with van der Waals surface area (Å²) < 4.78 is 0. The van der Waals surface area contributed by atoms with Crippen molar-refractivity contribution in [3.63, 3.8) is 0 Å². The van der Waals surface area contributed by atoms with Crippen molar-refractivity contribution in [3.8, 4) is 11.1 Å². The third-order valence-electron chi connectivity index (χ3n) is 3.70. The monoisotopic (exact) mass is 241 g/mol. The maximum Gasteiger partial charge on any atom is 0.0568 e. The third-order valence-corrected chi connectivity index (χ3v) is 3.70. The van der Waals surface area contributed by atoms with Crippen LogP contribution in [0.3, 0.4) is 0 Å². The second-order valence-corrected chi connectivity index (χ2v) is 5.19. The van der Waals surface area contributed by atoms with Crippen LogP contribution in [0.5, 0.6) is 0 Å². The van der Waals surface area contributed by atoms with Crippen LogP contribution in [0.2, 0.25) is 0 Å². The summed E-state index contributed by atoms with van der Waals surface area (Å²) in [5, 5.41) is 10.8. The molecular formula is C15H19N3. The molecular weight excluding hydrogens is 222 g/mol. The fourth-order valence-electron chi connectivity index (χ4n) is 2.71. The molecule has 18 heavy (non-hydrogen) atoms. The Morgan fingerprint density at radius 3 is 3.11 bits per heavy atom. The number of nitrogens with zero attached hydrogens (tertiary/aromatic N) is 1. The van der Waals surface area contributed by atoms with Crippen molar-refractivity contribution in [2.45, 2.75) is 19.8 Å². The van der Waals surface area contributed by atoms with Crippen molar-refractivity contribution in [3.05, 3.63) is 41.7 Å². The molecule has 1 atom stereocenters. The van der Waals surface area contributed by atoms with Crippen LogP contribution in [0.25, 0.3) is 11.1 Å². The summed E-state index contributed by atoms with van der Waals surface area (Å²) in [4.78, 5) is 0. The number of aromatic nitrogens is 2. The van der Waals surface area contributed by atoms with Gasteiger partial charge in [-0.05, 0) is 44.3 Å². The third kappa shape index (κ3) is 2.31. The van der Waals surface area contributed by atoms with Crippen LogP contribution in [-0.2, 0) is 6.42 Å². The first-order valence-electron chi connectivity index (χ1n) is 6.63. The quantitative estimate of drug-likeness (QED) is 0.867. The van der Waals surface area contributed by atoms with Crippen molar-refractivity contribution < 1.29 is 0 Å². The summed E-state index contributed by atoms with van der Waals surface area (Å²) in [5.74, 6) is 0.744. The minimum Gasteiger partial charge on any atom is -0.316 e. The minimum absolute atomic E-state index is 0.744. The molecule has 1 saturated heterocycles. The predicted molar refractivity (Wildman–Crippen MR) is 73.4 cm³/mol. The lowest BCUT2D eigenvalue weighted by atomic mass is 9.97. The molecule has 0 bridgehead atoms. The van der Waals surface area contributed by atoms with Gasteiger partial charge < -0.3 is 5.32 Å². The fourth-order valence-corrected chi connectivity index (χ4v) is 2.71. The van der Waals surface area contributed by atoms with Gasteiger partial charge in [-0.2, -0.15) is 5.10 Å². The molecule has 3 rings (SSSR count). The van der Waals surface area contributed by atoms with E-state index in [-0.39, 0.29) is 0 Å². The van der Waals surface area contributed by atoms with Gasteiger partial charge in [-0.3, -0.25) is 5.10 Å². The van der Waals surface area contributed by atoms with Gasteiger partial charge in [0.1, 0.15) is 0 Å². The lowest BCUT2D eigenvalue weighted by Gasteiger charge is -2.09. The first kappa shape index (κ1) is 11.5. The van der Waals surface area contributed by atoms with Crippen LogP contribution < -0.4 is 5.32 Å². The summed E-state index contributed by atoms with van der Waals surface area (Å²) >= 11 is 0. The maximum atomic E-state index is 4.22. The number of nitrogens with one attached hydrogen (secondary N) is 2. The van der Waals surface area contributed by atoms with Gasteiger partial charge in [0.05, 0.1) is 6.20 Å². The standard InChI is InChI=1S/C15H19N3/c1-11-3-2-4-13(7-11)14-10-17-18-15(14)8-12-5-6-16-9-12/h2-4,7,10,12,16H,5-6,8-9H2,1H3,(H,17,18). The number of hydrogen-bond donors (Lipinski definition) is 2. The number of aromatic amines is 1. The predicted octanol–water partition coefficient (Wildman–Crippen LogP) is 2.54. The number of hydrogen-bond acceptors (Lipinski definition) is 2. The van der Waals surface area contributed by atoms with Gasteiger partial charge in [0, 0.05) is 11.3 Å². The molecule has 0 spiro atoms. The Balaban J connectivity index is 1.86. The van der Waals surface area contributed by atoms with E-state index in [1.807, 2.05) is 6.20 Å². The maximum absolute atomic E-state index is 4.22. The molecule has 0 aliphatic carbocycles. The van der Waals surface area contributed by atoms with E-state index in [1.54, 1.807) is 0 Å². The van der Waals surface area contributed by atoms with Crippen LogP contribution in [0.4, 0.5) is 0 Å². The molecule has 1 aliphatic rings. The van der Waals surface area contributed by atoms with Gasteiger partial charge in [-0.15, -0.1) is 0 Å². The summed E-state index contributed by atoms with van der Waals surface area (Å²) in [6.45, 7) is 4.41. The fraction of sp³-hybridized carbons (Fsp3) is 0.400. The van der Waals surface area contributed by atoms with Gasteiger partial charge >= 0.3 is 0 Å². The SMILES string of the molecule is Cc1cccc(-c2cn[nH]c2CC2CCNC2)c1. The number of aryl methyl sites for hydroxylation is 1. The zero-order chi connectivity index (χ0) is 12.4. The molecule has 1 aromatic carbocycles. The summed E-state index contributed by atoms with van der Waals surface area (Å²) in [5.41, 5.74) is 5.09. The molecule has 3 nitrogen and oxygen atoms in total. The number of rotatable bonds is 3. The summed E-state index contributed by atoms with van der Waals surface area (Å²) in [7, 11) is 0. The normalized spacial score (nSPS) is 19.3. The van der Waals surface area contributed by atoms with Crippen molar-refractivity contribution >= 4 is 0 Å². The van der Waals surface area contributed by atoms with E-state index in [0.717, 1.165) is 25.4 Å². The van der Waals surface area contributed by atoms with E-state index in [9.17, 15) is 0 Å². The second-order valence-electron chi connectivity index (χ2n) is 5.19. The zero-order valence-electron chi connectivity index (χ0n) is 10.7. The molecule has 1 aliphatic heterocycles. The van der Waals surface area contributed by atoms with E-state index in [0.29, 0.717) is 0 Å². The van der Waals surface area contributed by atoms with Crippen molar-refractivity contribution in [1.29, 1.82) is 0 Å². The van der Waals surface area contributed by atoms with Crippen LogP contribution in [-0.4, -0.2) is 23.3 Å². The lowest BCUT2D eigenvalue weighted by Crippen LogP contribution is -2.11. The Kier molecular flexibility index (Phi) is 3.15. The molecule has 1 fully saturated rings. The molecule has 0 saturated carbocycles. The molecule has 0 radical (unpaired) electrons. The van der Waals surface area contributed by atoms with Crippen molar-refractivity contribution in [2.75, 3.05) is 13.1 Å². The summed E-state index contributed by atoms with van der Waals surface area (Å²) in [6.07, 6.45) is 4.31. The lowest BCUT2D eigenvalue weighted by molar-refractivity contribution is 0.571. The zero-order valence-corrected chi connectivity index (χ0v) is 10.7. The Labute approximate surface area is 108 Å². The van der Waals surface area contributed by atoms with Crippen LogP contribution in [0.1, 0.15) is 17.7 Å². The molecule has 3 heteroatoms. The Hall–Kier alpha value is -1.61. The first-order valence-corrected chi connectivity index (χ1v) is 6.63. The van der Waals surface area contributed by atoms with Crippen LogP contribution >= 0.6 is 0 Å². The van der Waals surface area contributed by atoms with Crippen LogP contribution in [0, 0.1) is 12.8 Å². The van der Waals surface area contributed by atoms with Gasteiger partial charge in [0.2, 0.25) is 0 Å². The Morgan fingerprint density at radius 2 is 2.33 bits per heavy atom. The molecule has 2 aromatic rings. The average Bonchev–Trinajstić information content (AvgIpc) is 3.01.